The summed E-state index contributed by atoms with van der Waals surface area (Å²) in [6.07, 6.45) is 0. The van der Waals surface area contributed by atoms with E-state index in [-0.39, 0.29) is 32.7 Å². The minimum Gasteiger partial charge on any atom is -0.400 e. The molecule has 0 atom stereocenters. The van der Waals surface area contributed by atoms with Crippen LogP contribution in [0.1, 0.15) is 0 Å². The fourth-order valence-electron chi connectivity index (χ4n) is 1.65. The minimum absolute atomic E-state index is 0. The number of rotatable bonds is 1. The number of aliphatic hydroxyl groups excluding tert-OH is 1. The summed E-state index contributed by atoms with van der Waals surface area (Å²) in [5, 5.41) is 7.00. The SMILES string of the molecule is CN1CCN(c2cc[c-]cc2)CC1.CO.[Y]. The molecule has 0 spiro atoms. The van der Waals surface area contributed by atoms with Gasteiger partial charge in [0.15, 0.2) is 0 Å². The molecule has 2 rings (SSSR count). The van der Waals surface area contributed by atoms with Gasteiger partial charge < -0.3 is 14.9 Å². The third kappa shape index (κ3) is 4.92. The first-order chi connectivity index (χ1) is 7.36. The molecule has 1 saturated heterocycles. The zero-order valence-corrected chi connectivity index (χ0v) is 12.9. The van der Waals surface area contributed by atoms with Gasteiger partial charge in [-0.3, -0.25) is 0 Å². The number of aliphatic hydroxyl groups is 1. The molecule has 1 aliphatic heterocycles. The second kappa shape index (κ2) is 9.11. The van der Waals surface area contributed by atoms with Gasteiger partial charge in [-0.2, -0.15) is 18.2 Å². The molecule has 1 radical (unpaired) electrons. The number of hydrogen-bond donors (Lipinski definition) is 1. The number of anilines is 1. The van der Waals surface area contributed by atoms with Crippen molar-refractivity contribution in [2.45, 2.75) is 0 Å². The number of benzene rings is 1. The Kier molecular flexibility index (Phi) is 9.14. The van der Waals surface area contributed by atoms with Crippen molar-refractivity contribution >= 4 is 5.69 Å². The topological polar surface area (TPSA) is 26.7 Å². The predicted molar refractivity (Wildman–Crippen MR) is 63.1 cm³/mol. The molecule has 4 heteroatoms. The molecule has 0 amide bonds. The molecule has 0 saturated carbocycles. The van der Waals surface area contributed by atoms with Crippen molar-refractivity contribution in [3.05, 3.63) is 30.3 Å². The molecular weight excluding hydrogens is 277 g/mol. The number of nitrogens with zero attached hydrogens (tertiary/aromatic N) is 2. The summed E-state index contributed by atoms with van der Waals surface area (Å²) in [6, 6.07) is 11.3. The summed E-state index contributed by atoms with van der Waals surface area (Å²) >= 11 is 0. The molecular formula is C12H19N2OY-. The molecule has 1 aromatic carbocycles. The fourth-order valence-corrected chi connectivity index (χ4v) is 1.65. The maximum absolute atomic E-state index is 7.00. The van der Waals surface area contributed by atoms with Gasteiger partial charge in [-0.25, -0.2) is 0 Å². The van der Waals surface area contributed by atoms with Crippen LogP contribution in [0.25, 0.3) is 0 Å². The van der Waals surface area contributed by atoms with Gasteiger partial charge >= 0.3 is 0 Å². The van der Waals surface area contributed by atoms with Gasteiger partial charge in [-0.15, -0.1) is 12.1 Å². The molecule has 87 valence electrons. The standard InChI is InChI=1S/C11H15N2.CH4O.Y/c1-12-7-9-13(10-8-12)11-5-3-2-4-6-11;1-2;/h3-6H,7-10H2,1H3;2H,1H3;/q-1;;. The van der Waals surface area contributed by atoms with Crippen molar-refractivity contribution in [1.82, 2.24) is 4.90 Å². The summed E-state index contributed by atoms with van der Waals surface area (Å²) in [6.45, 7) is 4.61. The van der Waals surface area contributed by atoms with Gasteiger partial charge in [0.2, 0.25) is 0 Å². The summed E-state index contributed by atoms with van der Waals surface area (Å²) < 4.78 is 0. The normalized spacial score (nSPS) is 15.8. The van der Waals surface area contributed by atoms with E-state index in [1.165, 1.54) is 18.8 Å². The molecule has 0 bridgehead atoms. The van der Waals surface area contributed by atoms with Crippen molar-refractivity contribution in [3.63, 3.8) is 0 Å². The first-order valence-electron chi connectivity index (χ1n) is 5.20. The van der Waals surface area contributed by atoms with Gasteiger partial charge in [0.25, 0.3) is 0 Å². The zero-order chi connectivity index (χ0) is 11.1. The van der Waals surface area contributed by atoms with Gasteiger partial charge in [0.05, 0.1) is 0 Å². The smallest absolute Gasteiger partial charge is 0.0319 e. The maximum Gasteiger partial charge on any atom is 0.0319 e. The van der Waals surface area contributed by atoms with Crippen LogP contribution in [-0.2, 0) is 32.7 Å². The van der Waals surface area contributed by atoms with E-state index >= 15 is 0 Å². The Balaban J connectivity index is 0.000000711. The van der Waals surface area contributed by atoms with E-state index in [2.05, 4.69) is 35.0 Å². The number of hydrogen-bond acceptors (Lipinski definition) is 3. The Labute approximate surface area is 123 Å². The van der Waals surface area contributed by atoms with Crippen LogP contribution in [-0.4, -0.2) is 50.3 Å². The molecule has 1 heterocycles. The van der Waals surface area contributed by atoms with Gasteiger partial charge in [0.1, 0.15) is 0 Å². The van der Waals surface area contributed by atoms with Gasteiger partial charge in [0, 0.05) is 66.0 Å². The van der Waals surface area contributed by atoms with E-state index in [0.717, 1.165) is 20.2 Å². The summed E-state index contributed by atoms with van der Waals surface area (Å²) in [4.78, 5) is 4.79. The largest absolute Gasteiger partial charge is 0.400 e. The van der Waals surface area contributed by atoms with E-state index in [1.54, 1.807) is 0 Å². The molecule has 3 nitrogen and oxygen atoms in total. The van der Waals surface area contributed by atoms with Crippen molar-refractivity contribution in [3.8, 4) is 0 Å². The van der Waals surface area contributed by atoms with E-state index in [9.17, 15) is 0 Å². The zero-order valence-electron chi connectivity index (χ0n) is 10.1. The van der Waals surface area contributed by atoms with E-state index in [4.69, 9.17) is 5.11 Å². The van der Waals surface area contributed by atoms with Gasteiger partial charge in [-0.05, 0) is 7.05 Å². The number of likely N-dealkylation sites (N-methyl/N-ethyl adjacent to an activating group) is 1. The average molecular weight is 296 g/mol. The van der Waals surface area contributed by atoms with Crippen molar-refractivity contribution < 1.29 is 37.8 Å². The summed E-state index contributed by atoms with van der Waals surface area (Å²) in [5.41, 5.74) is 1.33. The molecule has 16 heavy (non-hydrogen) atoms. The maximum atomic E-state index is 7.00. The third-order valence-corrected chi connectivity index (χ3v) is 2.57. The second-order valence-electron chi connectivity index (χ2n) is 3.55. The minimum atomic E-state index is 0. The van der Waals surface area contributed by atoms with Crippen molar-refractivity contribution in [2.24, 2.45) is 0 Å². The van der Waals surface area contributed by atoms with Crippen LogP contribution in [0, 0.1) is 6.07 Å². The molecule has 0 aromatic heterocycles. The first-order valence-corrected chi connectivity index (χ1v) is 5.20. The van der Waals surface area contributed by atoms with Crippen LogP contribution in [0.15, 0.2) is 24.3 Å². The first kappa shape index (κ1) is 16.0. The molecule has 0 unspecified atom stereocenters. The molecule has 1 N–H and O–H groups in total. The molecule has 1 aliphatic rings. The van der Waals surface area contributed by atoms with Gasteiger partial charge in [-0.1, -0.05) is 5.69 Å². The summed E-state index contributed by atoms with van der Waals surface area (Å²) in [7, 11) is 3.18. The average Bonchev–Trinajstić information content (AvgIpc) is 2.34. The molecule has 1 fully saturated rings. The quantitative estimate of drug-likeness (QED) is 0.778. The Morgan fingerprint density at radius 1 is 1.06 bits per heavy atom. The molecule has 0 aliphatic carbocycles. The Hall–Kier alpha value is 0.0439. The fraction of sp³-hybridized carbons (Fsp3) is 0.500. The molecule has 1 aromatic rings. The van der Waals surface area contributed by atoms with Crippen LogP contribution in [0.5, 0.6) is 0 Å². The number of piperazine rings is 1. The Morgan fingerprint density at radius 2 is 1.56 bits per heavy atom. The van der Waals surface area contributed by atoms with E-state index in [1.807, 2.05) is 12.1 Å². The van der Waals surface area contributed by atoms with E-state index in [0.29, 0.717) is 0 Å². The van der Waals surface area contributed by atoms with Crippen LogP contribution >= 0.6 is 0 Å². The van der Waals surface area contributed by atoms with Crippen molar-refractivity contribution in [1.29, 1.82) is 0 Å². The van der Waals surface area contributed by atoms with Crippen molar-refractivity contribution in [2.75, 3.05) is 45.2 Å². The summed E-state index contributed by atoms with van der Waals surface area (Å²) in [5.74, 6) is 0. The van der Waals surface area contributed by atoms with Crippen LogP contribution < -0.4 is 4.90 Å². The Bertz CT molecular complexity index is 261. The third-order valence-electron chi connectivity index (χ3n) is 2.57. The van der Waals surface area contributed by atoms with Crippen LogP contribution in [0.3, 0.4) is 0 Å². The Morgan fingerprint density at radius 3 is 2.06 bits per heavy atom. The van der Waals surface area contributed by atoms with Crippen LogP contribution in [0.2, 0.25) is 0 Å². The monoisotopic (exact) mass is 296 g/mol. The second-order valence-corrected chi connectivity index (χ2v) is 3.55. The van der Waals surface area contributed by atoms with E-state index < -0.39 is 0 Å². The predicted octanol–water partition coefficient (Wildman–Crippen LogP) is 0.845. The van der Waals surface area contributed by atoms with Crippen LogP contribution in [0.4, 0.5) is 5.69 Å².